The molecule has 0 unspecified atom stereocenters. The number of carbonyl (C=O) groups is 1. The molecule has 1 nitrogen and oxygen atoms in total. The van der Waals surface area contributed by atoms with E-state index in [0.29, 0.717) is 6.07 Å². The zero-order valence-electron chi connectivity index (χ0n) is 11.5. The molecule has 0 spiro atoms. The second-order valence-corrected chi connectivity index (χ2v) is 4.87. The quantitative estimate of drug-likeness (QED) is 0.553. The van der Waals surface area contributed by atoms with Gasteiger partial charge in [0.15, 0.2) is 0 Å². The van der Waals surface area contributed by atoms with E-state index in [1.54, 1.807) is 0 Å². The van der Waals surface area contributed by atoms with E-state index in [1.807, 2.05) is 0 Å². The van der Waals surface area contributed by atoms with E-state index in [4.69, 9.17) is 0 Å². The molecule has 0 saturated carbocycles. The zero-order chi connectivity index (χ0) is 18.4. The van der Waals surface area contributed by atoms with Crippen LogP contribution in [0.4, 0.5) is 39.5 Å². The number of rotatable bonds is 4. The van der Waals surface area contributed by atoms with Gasteiger partial charge in [-0.15, -0.1) is 0 Å². The fourth-order valence-electron chi connectivity index (χ4n) is 1.67. The molecule has 0 heterocycles. The smallest absolute Gasteiger partial charge is 0.287 e. The van der Waals surface area contributed by atoms with Crippen LogP contribution < -0.4 is 0 Å². The summed E-state index contributed by atoms with van der Waals surface area (Å²) < 4.78 is 115. The summed E-state index contributed by atoms with van der Waals surface area (Å²) in [7, 11) is 0. The largest absolute Gasteiger partial charge is 0.460 e. The second kappa shape index (κ2) is 5.41. The van der Waals surface area contributed by atoms with Gasteiger partial charge >= 0.3 is 23.9 Å². The molecule has 0 radical (unpaired) electrons. The molecule has 0 aliphatic rings. The van der Waals surface area contributed by atoms with Crippen molar-refractivity contribution in [2.24, 2.45) is 0 Å². The number of aryl methyl sites for hydroxylation is 2. The maximum Gasteiger partial charge on any atom is 0.460 e. The van der Waals surface area contributed by atoms with Crippen LogP contribution in [0.3, 0.4) is 0 Å². The maximum absolute atomic E-state index is 13.5. The van der Waals surface area contributed by atoms with Crippen LogP contribution in [0.1, 0.15) is 21.5 Å². The fraction of sp³-hybridized carbons (Fsp3) is 0.462. The molecule has 0 atom stereocenters. The van der Waals surface area contributed by atoms with E-state index in [0.717, 1.165) is 13.0 Å². The normalized spacial score (nSPS) is 14.0. The van der Waals surface area contributed by atoms with Gasteiger partial charge in [-0.25, -0.2) is 0 Å². The summed E-state index contributed by atoms with van der Waals surface area (Å²) in [5.41, 5.74) is -1.18. The number of benzene rings is 1. The van der Waals surface area contributed by atoms with Gasteiger partial charge in [-0.1, -0.05) is 17.7 Å². The molecule has 130 valence electrons. The third kappa shape index (κ3) is 2.90. The predicted octanol–water partition coefficient (Wildman–Crippen LogP) is 4.95. The summed E-state index contributed by atoms with van der Waals surface area (Å²) in [5.74, 6) is -23.1. The van der Waals surface area contributed by atoms with Crippen LogP contribution in [0.5, 0.6) is 0 Å². The van der Waals surface area contributed by atoms with E-state index >= 15 is 0 Å². The molecule has 0 N–H and O–H groups in total. The van der Waals surface area contributed by atoms with Crippen LogP contribution in [0.25, 0.3) is 0 Å². The third-order valence-corrected chi connectivity index (χ3v) is 3.07. The summed E-state index contributed by atoms with van der Waals surface area (Å²) >= 11 is 0. The number of alkyl halides is 9. The Morgan fingerprint density at radius 1 is 0.826 bits per heavy atom. The molecule has 0 amide bonds. The summed E-state index contributed by atoms with van der Waals surface area (Å²) in [4.78, 5) is 11.5. The Bertz CT molecular complexity index is 616. The zero-order valence-corrected chi connectivity index (χ0v) is 11.5. The van der Waals surface area contributed by atoms with Gasteiger partial charge in [-0.2, -0.15) is 39.5 Å². The summed E-state index contributed by atoms with van der Waals surface area (Å²) in [6, 6.07) is 3.08. The summed E-state index contributed by atoms with van der Waals surface area (Å²) in [6.07, 6.45) is -6.96. The summed E-state index contributed by atoms with van der Waals surface area (Å²) in [6.45, 7) is 2.33. The minimum Gasteiger partial charge on any atom is -0.287 e. The van der Waals surface area contributed by atoms with Crippen LogP contribution in [0.2, 0.25) is 0 Å². The van der Waals surface area contributed by atoms with Crippen LogP contribution in [-0.4, -0.2) is 29.7 Å². The fourth-order valence-corrected chi connectivity index (χ4v) is 1.67. The molecule has 10 heteroatoms. The second-order valence-electron chi connectivity index (χ2n) is 4.87. The Hall–Kier alpha value is -1.74. The average Bonchev–Trinajstić information content (AvgIpc) is 2.38. The first-order valence-corrected chi connectivity index (χ1v) is 5.89. The van der Waals surface area contributed by atoms with Gasteiger partial charge in [-0.05, 0) is 25.5 Å². The molecule has 0 bridgehead atoms. The third-order valence-electron chi connectivity index (χ3n) is 3.07. The molecule has 1 aromatic rings. The molecule has 23 heavy (non-hydrogen) atoms. The van der Waals surface area contributed by atoms with E-state index in [9.17, 15) is 44.3 Å². The number of halogens is 9. The number of hydrogen-bond acceptors (Lipinski definition) is 1. The molecule has 1 rings (SSSR count). The first-order chi connectivity index (χ1) is 10.1. The van der Waals surface area contributed by atoms with E-state index in [2.05, 4.69) is 0 Å². The average molecular weight is 352 g/mol. The highest BCUT2D eigenvalue weighted by molar-refractivity contribution is 6.03. The van der Waals surface area contributed by atoms with Crippen LogP contribution in [-0.2, 0) is 0 Å². The minimum absolute atomic E-state index is 0.153. The highest BCUT2D eigenvalue weighted by Gasteiger charge is 2.83. The lowest BCUT2D eigenvalue weighted by molar-refractivity contribution is -0.386. The van der Waals surface area contributed by atoms with Crippen LogP contribution in [0.15, 0.2) is 18.2 Å². The van der Waals surface area contributed by atoms with Crippen molar-refractivity contribution in [2.45, 2.75) is 37.8 Å². The van der Waals surface area contributed by atoms with Crippen molar-refractivity contribution in [1.82, 2.24) is 0 Å². The molecule has 1 aromatic carbocycles. The highest BCUT2D eigenvalue weighted by Crippen LogP contribution is 2.53. The van der Waals surface area contributed by atoms with Gasteiger partial charge in [-0.3, -0.25) is 4.79 Å². The standard InChI is InChI=1S/C13H9F9O/c1-6-3-4-7(2)8(5-6)9(23)10(14,15)11(16,17)12(18,19)13(20,21)22/h3-5H,1-2H3. The van der Waals surface area contributed by atoms with E-state index < -0.39 is 35.3 Å². The van der Waals surface area contributed by atoms with Crippen molar-refractivity contribution in [3.8, 4) is 0 Å². The number of hydrogen-bond donors (Lipinski definition) is 0. The Morgan fingerprint density at radius 3 is 1.74 bits per heavy atom. The van der Waals surface area contributed by atoms with Gasteiger partial charge in [0.25, 0.3) is 0 Å². The molecule has 0 aromatic heterocycles. The molecule has 0 fully saturated rings. The number of Topliss-reactive ketones (excluding diaryl/α,β-unsaturated/α-hetero) is 1. The molecule has 0 aliphatic carbocycles. The lowest BCUT2D eigenvalue weighted by Gasteiger charge is -2.33. The van der Waals surface area contributed by atoms with Crippen molar-refractivity contribution >= 4 is 5.78 Å². The van der Waals surface area contributed by atoms with Crippen molar-refractivity contribution in [2.75, 3.05) is 0 Å². The Balaban J connectivity index is 3.45. The van der Waals surface area contributed by atoms with Gasteiger partial charge in [0.1, 0.15) is 0 Å². The lowest BCUT2D eigenvalue weighted by atomic mass is 9.92. The van der Waals surface area contributed by atoms with Gasteiger partial charge in [0.2, 0.25) is 5.78 Å². The Morgan fingerprint density at radius 2 is 1.30 bits per heavy atom. The van der Waals surface area contributed by atoms with Crippen molar-refractivity contribution < 1.29 is 44.3 Å². The van der Waals surface area contributed by atoms with E-state index in [1.165, 1.54) is 13.0 Å². The molecular formula is C13H9F9O. The van der Waals surface area contributed by atoms with Gasteiger partial charge in [0.05, 0.1) is 0 Å². The minimum atomic E-state index is -7.09. The number of carbonyl (C=O) groups excluding carboxylic acids is 1. The lowest BCUT2D eigenvalue weighted by Crippen LogP contribution is -2.63. The van der Waals surface area contributed by atoms with Crippen LogP contribution >= 0.6 is 0 Å². The Labute approximate surface area is 124 Å². The predicted molar refractivity (Wildman–Crippen MR) is 61.1 cm³/mol. The molecule has 0 saturated heterocycles. The van der Waals surface area contributed by atoms with Gasteiger partial charge < -0.3 is 0 Å². The monoisotopic (exact) mass is 352 g/mol. The SMILES string of the molecule is Cc1ccc(C)c(C(=O)C(F)(F)C(F)(F)C(F)(F)C(F)(F)F)c1. The van der Waals surface area contributed by atoms with Crippen molar-refractivity contribution in [3.63, 3.8) is 0 Å². The Kier molecular flexibility index (Phi) is 4.54. The first kappa shape index (κ1) is 19.3. The topological polar surface area (TPSA) is 17.1 Å². The molecule has 0 aliphatic heterocycles. The van der Waals surface area contributed by atoms with E-state index in [-0.39, 0.29) is 11.1 Å². The van der Waals surface area contributed by atoms with Gasteiger partial charge in [0, 0.05) is 5.56 Å². The van der Waals surface area contributed by atoms with Crippen LogP contribution in [0, 0.1) is 13.8 Å². The number of ketones is 1. The first-order valence-electron chi connectivity index (χ1n) is 5.89. The maximum atomic E-state index is 13.5. The van der Waals surface area contributed by atoms with Crippen molar-refractivity contribution in [3.05, 3.63) is 34.9 Å². The highest BCUT2D eigenvalue weighted by atomic mass is 19.4. The summed E-state index contributed by atoms with van der Waals surface area (Å²) in [5, 5.41) is 0. The van der Waals surface area contributed by atoms with Crippen molar-refractivity contribution in [1.29, 1.82) is 0 Å². The molecular weight excluding hydrogens is 343 g/mol.